The van der Waals surface area contributed by atoms with E-state index in [9.17, 15) is 0 Å². The number of ether oxygens (including phenoxy) is 2. The van der Waals surface area contributed by atoms with Crippen molar-refractivity contribution in [3.05, 3.63) is 58.6 Å². The highest BCUT2D eigenvalue weighted by Gasteiger charge is 2.13. The molecule has 1 aliphatic rings. The number of nitrogens with one attached hydrogen (secondary N) is 1. The van der Waals surface area contributed by atoms with Crippen LogP contribution in [0.5, 0.6) is 11.5 Å². The van der Waals surface area contributed by atoms with Crippen LogP contribution in [0.25, 0.3) is 0 Å². The van der Waals surface area contributed by atoms with Crippen molar-refractivity contribution in [3.63, 3.8) is 0 Å². The van der Waals surface area contributed by atoms with Crippen LogP contribution in [0.3, 0.4) is 0 Å². The molecule has 0 saturated carbocycles. The van der Waals surface area contributed by atoms with E-state index in [1.54, 1.807) is 0 Å². The Morgan fingerprint density at radius 1 is 1.05 bits per heavy atom. The smallest absolute Gasteiger partial charge is 0.161 e. The minimum atomic E-state index is 0.311. The van der Waals surface area contributed by atoms with Gasteiger partial charge in [0.15, 0.2) is 11.5 Å². The van der Waals surface area contributed by atoms with Gasteiger partial charge >= 0.3 is 0 Å². The minimum absolute atomic E-state index is 0.311. The van der Waals surface area contributed by atoms with Gasteiger partial charge in [-0.3, -0.25) is 0 Å². The molecule has 0 amide bonds. The van der Waals surface area contributed by atoms with Gasteiger partial charge in [0.1, 0.15) is 13.2 Å². The Hall–Kier alpha value is -1.71. The Balaban J connectivity index is 1.66. The fourth-order valence-electron chi connectivity index (χ4n) is 2.63. The van der Waals surface area contributed by atoms with E-state index in [-0.39, 0.29) is 0 Å². The lowest BCUT2D eigenvalue weighted by atomic mass is 10.0. The lowest BCUT2D eigenvalue weighted by molar-refractivity contribution is 0.171. The minimum Gasteiger partial charge on any atom is -0.486 e. The molecule has 0 bridgehead atoms. The molecule has 0 fully saturated rings. The van der Waals surface area contributed by atoms with Gasteiger partial charge in [-0.1, -0.05) is 36.7 Å². The maximum Gasteiger partial charge on any atom is 0.161 e. The first-order chi connectivity index (χ1) is 10.8. The summed E-state index contributed by atoms with van der Waals surface area (Å²) in [7, 11) is 0. The zero-order valence-electron chi connectivity index (χ0n) is 12.6. The molecule has 116 valence electrons. The van der Waals surface area contributed by atoms with Crippen molar-refractivity contribution < 1.29 is 9.47 Å². The fourth-order valence-corrected chi connectivity index (χ4v) is 2.76. The molecule has 0 aliphatic carbocycles. The lowest BCUT2D eigenvalue weighted by Crippen LogP contribution is -2.20. The summed E-state index contributed by atoms with van der Waals surface area (Å²) >= 11 is 5.95. The molecule has 3 nitrogen and oxygen atoms in total. The average molecular weight is 318 g/mol. The molecule has 0 saturated heterocycles. The van der Waals surface area contributed by atoms with E-state index in [4.69, 9.17) is 21.1 Å². The van der Waals surface area contributed by atoms with Crippen LogP contribution in [0.2, 0.25) is 5.02 Å². The molecule has 0 aromatic heterocycles. The van der Waals surface area contributed by atoms with Crippen LogP contribution < -0.4 is 14.8 Å². The zero-order valence-corrected chi connectivity index (χ0v) is 13.4. The van der Waals surface area contributed by atoms with Gasteiger partial charge < -0.3 is 14.8 Å². The highest BCUT2D eigenvalue weighted by atomic mass is 35.5. The monoisotopic (exact) mass is 317 g/mol. The Kier molecular flexibility index (Phi) is 4.86. The van der Waals surface area contributed by atoms with Crippen molar-refractivity contribution in [1.29, 1.82) is 0 Å². The SMILES string of the molecule is CCC(NCc1ccc2c(c1)OCCO2)c1ccc(Cl)cc1. The summed E-state index contributed by atoms with van der Waals surface area (Å²) in [6.07, 6.45) is 1.02. The first-order valence-corrected chi connectivity index (χ1v) is 8.01. The number of halogens is 1. The molecule has 1 N–H and O–H groups in total. The Morgan fingerprint density at radius 3 is 2.50 bits per heavy atom. The summed E-state index contributed by atoms with van der Waals surface area (Å²) in [5.74, 6) is 1.67. The van der Waals surface area contributed by atoms with Gasteiger partial charge in [0, 0.05) is 17.6 Å². The second kappa shape index (κ2) is 7.03. The van der Waals surface area contributed by atoms with E-state index in [1.807, 2.05) is 18.2 Å². The quantitative estimate of drug-likeness (QED) is 0.889. The van der Waals surface area contributed by atoms with Crippen LogP contribution in [-0.4, -0.2) is 13.2 Å². The summed E-state index contributed by atoms with van der Waals surface area (Å²) in [4.78, 5) is 0. The summed E-state index contributed by atoms with van der Waals surface area (Å²) < 4.78 is 11.2. The molecule has 0 radical (unpaired) electrons. The molecule has 2 aromatic carbocycles. The summed E-state index contributed by atoms with van der Waals surface area (Å²) in [5.41, 5.74) is 2.45. The molecule has 22 heavy (non-hydrogen) atoms. The Bertz CT molecular complexity index is 627. The highest BCUT2D eigenvalue weighted by molar-refractivity contribution is 6.30. The maximum atomic E-state index is 5.95. The molecule has 1 heterocycles. The highest BCUT2D eigenvalue weighted by Crippen LogP contribution is 2.31. The Labute approximate surface area is 136 Å². The molecular formula is C18H20ClNO2. The molecule has 3 rings (SSSR count). The number of fused-ring (bicyclic) bond motifs is 1. The summed E-state index contributed by atoms with van der Waals surface area (Å²) in [5, 5.41) is 4.36. The zero-order chi connectivity index (χ0) is 15.4. The van der Waals surface area contributed by atoms with Gasteiger partial charge in [-0.25, -0.2) is 0 Å². The first kappa shape index (κ1) is 15.2. The van der Waals surface area contributed by atoms with Gasteiger partial charge in [0.25, 0.3) is 0 Å². The number of rotatable bonds is 5. The van der Waals surface area contributed by atoms with Crippen molar-refractivity contribution in [1.82, 2.24) is 5.32 Å². The topological polar surface area (TPSA) is 30.5 Å². The van der Waals surface area contributed by atoms with E-state index in [0.717, 1.165) is 29.5 Å². The predicted molar refractivity (Wildman–Crippen MR) is 88.8 cm³/mol. The van der Waals surface area contributed by atoms with E-state index >= 15 is 0 Å². The van der Waals surface area contributed by atoms with Crippen molar-refractivity contribution in [2.24, 2.45) is 0 Å². The summed E-state index contributed by atoms with van der Waals surface area (Å²) in [6.45, 7) is 4.21. The van der Waals surface area contributed by atoms with E-state index in [0.29, 0.717) is 19.3 Å². The van der Waals surface area contributed by atoms with Crippen molar-refractivity contribution in [3.8, 4) is 11.5 Å². The third-order valence-corrected chi connectivity index (χ3v) is 4.09. The van der Waals surface area contributed by atoms with E-state index in [1.165, 1.54) is 11.1 Å². The van der Waals surface area contributed by atoms with Crippen LogP contribution in [0.1, 0.15) is 30.5 Å². The maximum absolute atomic E-state index is 5.95. The van der Waals surface area contributed by atoms with E-state index in [2.05, 4.69) is 36.5 Å². The third kappa shape index (κ3) is 3.54. The molecule has 4 heteroatoms. The first-order valence-electron chi connectivity index (χ1n) is 7.63. The van der Waals surface area contributed by atoms with Crippen LogP contribution in [0.15, 0.2) is 42.5 Å². The van der Waals surface area contributed by atoms with Gasteiger partial charge in [-0.15, -0.1) is 0 Å². The van der Waals surface area contributed by atoms with Crippen molar-refractivity contribution in [2.75, 3.05) is 13.2 Å². The molecular weight excluding hydrogens is 298 g/mol. The standard InChI is InChI=1S/C18H20ClNO2/c1-2-16(14-4-6-15(19)7-5-14)20-12-13-3-8-17-18(11-13)22-10-9-21-17/h3-8,11,16,20H,2,9-10,12H2,1H3. The van der Waals surface area contributed by atoms with Crippen LogP contribution in [0, 0.1) is 0 Å². The van der Waals surface area contributed by atoms with Gasteiger partial charge in [-0.2, -0.15) is 0 Å². The summed E-state index contributed by atoms with van der Waals surface area (Å²) in [6, 6.07) is 14.4. The van der Waals surface area contributed by atoms with Gasteiger partial charge in [0.05, 0.1) is 0 Å². The number of hydrogen-bond acceptors (Lipinski definition) is 3. The normalized spacial score (nSPS) is 14.6. The molecule has 2 aromatic rings. The second-order valence-electron chi connectivity index (χ2n) is 5.37. The molecule has 1 unspecified atom stereocenters. The average Bonchev–Trinajstić information content (AvgIpc) is 2.57. The predicted octanol–water partition coefficient (Wildman–Crippen LogP) is 4.35. The number of benzene rings is 2. The van der Waals surface area contributed by atoms with Crippen molar-refractivity contribution >= 4 is 11.6 Å². The largest absolute Gasteiger partial charge is 0.486 e. The number of hydrogen-bond donors (Lipinski definition) is 1. The lowest BCUT2D eigenvalue weighted by Gasteiger charge is -2.20. The van der Waals surface area contributed by atoms with Crippen LogP contribution in [0.4, 0.5) is 0 Å². The fraction of sp³-hybridized carbons (Fsp3) is 0.333. The van der Waals surface area contributed by atoms with Crippen LogP contribution >= 0.6 is 11.6 Å². The van der Waals surface area contributed by atoms with Crippen LogP contribution in [-0.2, 0) is 6.54 Å². The molecule has 0 spiro atoms. The van der Waals surface area contributed by atoms with Crippen molar-refractivity contribution in [2.45, 2.75) is 25.9 Å². The molecule has 1 atom stereocenters. The third-order valence-electron chi connectivity index (χ3n) is 3.84. The molecule has 1 aliphatic heterocycles. The van der Waals surface area contributed by atoms with Gasteiger partial charge in [0.2, 0.25) is 0 Å². The van der Waals surface area contributed by atoms with Gasteiger partial charge in [-0.05, 0) is 41.8 Å². The van der Waals surface area contributed by atoms with E-state index < -0.39 is 0 Å². The Morgan fingerprint density at radius 2 is 1.77 bits per heavy atom. The second-order valence-corrected chi connectivity index (χ2v) is 5.81.